The lowest BCUT2D eigenvalue weighted by molar-refractivity contribution is -0.00717. The predicted molar refractivity (Wildman–Crippen MR) is 76.1 cm³/mol. The molecule has 3 rings (SSSR count). The SMILES string of the molecule is CCOc1cc(C(=O)N2C3CCC2COC3)ccc1C. The maximum atomic E-state index is 12.7. The summed E-state index contributed by atoms with van der Waals surface area (Å²) in [6, 6.07) is 6.22. The van der Waals surface area contributed by atoms with Crippen LogP contribution in [0.2, 0.25) is 0 Å². The average molecular weight is 275 g/mol. The highest BCUT2D eigenvalue weighted by Gasteiger charge is 2.40. The molecule has 1 amide bonds. The van der Waals surface area contributed by atoms with Crippen molar-refractivity contribution >= 4 is 5.91 Å². The Morgan fingerprint density at radius 1 is 1.35 bits per heavy atom. The molecule has 0 radical (unpaired) electrons. The van der Waals surface area contributed by atoms with Gasteiger partial charge in [0.05, 0.1) is 31.9 Å². The van der Waals surface area contributed by atoms with Gasteiger partial charge in [0.2, 0.25) is 0 Å². The van der Waals surface area contributed by atoms with Crippen molar-refractivity contribution in [3.05, 3.63) is 29.3 Å². The molecule has 0 spiro atoms. The predicted octanol–water partition coefficient (Wildman–Crippen LogP) is 2.40. The first-order valence-corrected chi connectivity index (χ1v) is 7.34. The fraction of sp³-hybridized carbons (Fsp3) is 0.562. The number of benzene rings is 1. The quantitative estimate of drug-likeness (QED) is 0.850. The fourth-order valence-corrected chi connectivity index (χ4v) is 3.15. The van der Waals surface area contributed by atoms with Crippen LogP contribution in [0.3, 0.4) is 0 Å². The van der Waals surface area contributed by atoms with Crippen molar-refractivity contribution in [3.63, 3.8) is 0 Å². The number of hydrogen-bond acceptors (Lipinski definition) is 3. The van der Waals surface area contributed by atoms with Crippen molar-refractivity contribution in [2.45, 2.75) is 38.8 Å². The summed E-state index contributed by atoms with van der Waals surface area (Å²) in [5.74, 6) is 0.917. The van der Waals surface area contributed by atoms with E-state index in [0.717, 1.165) is 29.7 Å². The summed E-state index contributed by atoms with van der Waals surface area (Å²) in [5, 5.41) is 0. The van der Waals surface area contributed by atoms with Crippen molar-refractivity contribution < 1.29 is 14.3 Å². The van der Waals surface area contributed by atoms with Gasteiger partial charge in [-0.25, -0.2) is 0 Å². The third kappa shape index (κ3) is 2.29. The highest BCUT2D eigenvalue weighted by molar-refractivity contribution is 5.95. The number of amides is 1. The number of aryl methyl sites for hydroxylation is 1. The van der Waals surface area contributed by atoms with Crippen LogP contribution < -0.4 is 4.74 Å². The zero-order valence-corrected chi connectivity index (χ0v) is 12.1. The molecule has 2 fully saturated rings. The molecule has 0 aliphatic carbocycles. The van der Waals surface area contributed by atoms with Crippen molar-refractivity contribution in [2.24, 2.45) is 0 Å². The van der Waals surface area contributed by atoms with E-state index in [9.17, 15) is 4.79 Å². The Hall–Kier alpha value is -1.55. The topological polar surface area (TPSA) is 38.8 Å². The maximum Gasteiger partial charge on any atom is 0.254 e. The van der Waals surface area contributed by atoms with Gasteiger partial charge in [-0.2, -0.15) is 0 Å². The van der Waals surface area contributed by atoms with E-state index in [-0.39, 0.29) is 18.0 Å². The molecule has 2 saturated heterocycles. The third-order valence-corrected chi connectivity index (χ3v) is 4.21. The lowest BCUT2D eigenvalue weighted by Gasteiger charge is -2.34. The molecule has 2 bridgehead atoms. The molecule has 1 aromatic rings. The van der Waals surface area contributed by atoms with Crippen LogP contribution >= 0.6 is 0 Å². The Bertz CT molecular complexity index is 498. The van der Waals surface area contributed by atoms with E-state index in [1.165, 1.54) is 0 Å². The summed E-state index contributed by atoms with van der Waals surface area (Å²) in [6.45, 7) is 5.91. The number of carbonyl (C=O) groups excluding carboxylic acids is 1. The van der Waals surface area contributed by atoms with Crippen LogP contribution in [0.4, 0.5) is 0 Å². The van der Waals surface area contributed by atoms with Gasteiger partial charge in [-0.1, -0.05) is 6.07 Å². The minimum absolute atomic E-state index is 0.113. The van der Waals surface area contributed by atoms with Gasteiger partial charge in [0.15, 0.2) is 0 Å². The van der Waals surface area contributed by atoms with Crippen molar-refractivity contribution in [1.82, 2.24) is 4.90 Å². The average Bonchev–Trinajstić information content (AvgIpc) is 2.70. The second-order valence-corrected chi connectivity index (χ2v) is 5.55. The minimum atomic E-state index is 0.113. The highest BCUT2D eigenvalue weighted by atomic mass is 16.5. The second-order valence-electron chi connectivity index (χ2n) is 5.55. The van der Waals surface area contributed by atoms with Gasteiger partial charge >= 0.3 is 0 Å². The van der Waals surface area contributed by atoms with Gasteiger partial charge in [-0.05, 0) is 44.4 Å². The molecule has 4 nitrogen and oxygen atoms in total. The van der Waals surface area contributed by atoms with Gasteiger partial charge in [0, 0.05) is 5.56 Å². The van der Waals surface area contributed by atoms with E-state index in [1.54, 1.807) is 0 Å². The van der Waals surface area contributed by atoms with Crippen LogP contribution in [0.15, 0.2) is 18.2 Å². The molecule has 2 aliphatic heterocycles. The lowest BCUT2D eigenvalue weighted by Crippen LogP contribution is -2.49. The summed E-state index contributed by atoms with van der Waals surface area (Å²) in [7, 11) is 0. The molecule has 2 unspecified atom stereocenters. The van der Waals surface area contributed by atoms with Crippen LogP contribution in [0.5, 0.6) is 5.75 Å². The Morgan fingerprint density at radius 3 is 2.70 bits per heavy atom. The summed E-state index contributed by atoms with van der Waals surface area (Å²) in [6.07, 6.45) is 2.11. The Labute approximate surface area is 119 Å². The first-order valence-electron chi connectivity index (χ1n) is 7.34. The molecule has 0 saturated carbocycles. The van der Waals surface area contributed by atoms with Crippen LogP contribution in [0.25, 0.3) is 0 Å². The van der Waals surface area contributed by atoms with Gasteiger partial charge in [-0.3, -0.25) is 4.79 Å². The van der Waals surface area contributed by atoms with Crippen molar-refractivity contribution in [2.75, 3.05) is 19.8 Å². The lowest BCUT2D eigenvalue weighted by atomic mass is 10.1. The Balaban J connectivity index is 1.85. The third-order valence-electron chi connectivity index (χ3n) is 4.21. The van der Waals surface area contributed by atoms with Crippen LogP contribution in [0, 0.1) is 6.92 Å². The summed E-state index contributed by atoms with van der Waals surface area (Å²) in [5.41, 5.74) is 1.78. The minimum Gasteiger partial charge on any atom is -0.494 e. The number of ether oxygens (including phenoxy) is 2. The monoisotopic (exact) mass is 275 g/mol. The molecule has 2 atom stereocenters. The van der Waals surface area contributed by atoms with E-state index in [2.05, 4.69) is 0 Å². The van der Waals surface area contributed by atoms with Crippen LogP contribution in [-0.4, -0.2) is 42.7 Å². The van der Waals surface area contributed by atoms with E-state index in [4.69, 9.17) is 9.47 Å². The molecule has 2 heterocycles. The number of nitrogens with zero attached hydrogens (tertiary/aromatic N) is 1. The van der Waals surface area contributed by atoms with Crippen molar-refractivity contribution in [3.8, 4) is 5.75 Å². The first-order chi connectivity index (χ1) is 9.70. The standard InChI is InChI=1S/C16H21NO3/c1-3-20-15-8-12(5-4-11(15)2)16(18)17-13-6-7-14(17)10-19-9-13/h4-5,8,13-14H,3,6-7,9-10H2,1-2H3. The van der Waals surface area contributed by atoms with Gasteiger partial charge in [0.25, 0.3) is 5.91 Å². The van der Waals surface area contributed by atoms with Crippen LogP contribution in [0.1, 0.15) is 35.7 Å². The maximum absolute atomic E-state index is 12.7. The van der Waals surface area contributed by atoms with Crippen molar-refractivity contribution in [1.29, 1.82) is 0 Å². The number of morpholine rings is 1. The van der Waals surface area contributed by atoms with Gasteiger partial charge in [-0.15, -0.1) is 0 Å². The largest absolute Gasteiger partial charge is 0.494 e. The number of fused-ring (bicyclic) bond motifs is 2. The van der Waals surface area contributed by atoms with E-state index < -0.39 is 0 Å². The number of carbonyl (C=O) groups is 1. The van der Waals surface area contributed by atoms with Gasteiger partial charge < -0.3 is 14.4 Å². The molecule has 0 aromatic heterocycles. The Morgan fingerprint density at radius 2 is 2.05 bits per heavy atom. The molecule has 4 heteroatoms. The second kappa shape index (κ2) is 5.44. The smallest absolute Gasteiger partial charge is 0.254 e. The number of hydrogen-bond donors (Lipinski definition) is 0. The Kier molecular flexibility index (Phi) is 3.66. The zero-order chi connectivity index (χ0) is 14.1. The number of rotatable bonds is 3. The zero-order valence-electron chi connectivity index (χ0n) is 12.1. The molecule has 0 N–H and O–H groups in total. The summed E-state index contributed by atoms with van der Waals surface area (Å²) >= 11 is 0. The molecule has 1 aromatic carbocycles. The molecule has 2 aliphatic rings. The normalized spacial score (nSPS) is 24.8. The first kappa shape index (κ1) is 13.4. The summed E-state index contributed by atoms with van der Waals surface area (Å²) < 4.78 is 11.1. The van der Waals surface area contributed by atoms with Gasteiger partial charge in [0.1, 0.15) is 5.75 Å². The molecule has 108 valence electrons. The molecular formula is C16H21NO3. The van der Waals surface area contributed by atoms with E-state index in [1.807, 2.05) is 36.9 Å². The summed E-state index contributed by atoms with van der Waals surface area (Å²) in [4.78, 5) is 14.8. The molecular weight excluding hydrogens is 254 g/mol. The van der Waals surface area contributed by atoms with E-state index in [0.29, 0.717) is 19.8 Å². The molecule has 20 heavy (non-hydrogen) atoms. The highest BCUT2D eigenvalue weighted by Crippen LogP contribution is 2.31. The van der Waals surface area contributed by atoms with Crippen LogP contribution in [-0.2, 0) is 4.74 Å². The van der Waals surface area contributed by atoms with E-state index >= 15 is 0 Å². The fourth-order valence-electron chi connectivity index (χ4n) is 3.15.